The zero-order valence-corrected chi connectivity index (χ0v) is 9.78. The van der Waals surface area contributed by atoms with Gasteiger partial charge in [-0.15, -0.1) is 0 Å². The van der Waals surface area contributed by atoms with E-state index in [0.29, 0.717) is 15.9 Å². The molecule has 0 aliphatic heterocycles. The molecule has 6 heteroatoms. The molecule has 0 aromatic carbocycles. The number of carboxylic acid groups (broad SMARTS) is 1. The minimum absolute atomic E-state index is 0.172. The van der Waals surface area contributed by atoms with Crippen molar-refractivity contribution in [1.82, 2.24) is 4.98 Å². The molecule has 82 valence electrons. The van der Waals surface area contributed by atoms with Gasteiger partial charge in [-0.2, -0.15) is 0 Å². The maximum atomic E-state index is 10.6. The normalized spacial score (nSPS) is 14.6. The Labute approximate surface area is 95.6 Å². The van der Waals surface area contributed by atoms with Gasteiger partial charge in [0.05, 0.1) is 6.42 Å². The van der Waals surface area contributed by atoms with Gasteiger partial charge in [-0.25, -0.2) is 4.98 Å². The van der Waals surface area contributed by atoms with Gasteiger partial charge in [0.1, 0.15) is 5.82 Å². The molecule has 0 aliphatic carbocycles. The summed E-state index contributed by atoms with van der Waals surface area (Å²) in [6.07, 6.45) is 1.34. The molecule has 0 saturated heterocycles. The molecular weight excluding hydrogens is 262 g/mol. The Morgan fingerprint density at radius 3 is 2.87 bits per heavy atom. The number of pyridine rings is 1. The molecule has 1 aromatic heterocycles. The molecule has 0 spiro atoms. The molecule has 1 rings (SSSR count). The van der Waals surface area contributed by atoms with Crippen LogP contribution in [-0.4, -0.2) is 16.1 Å². The van der Waals surface area contributed by atoms with Crippen LogP contribution in [0.3, 0.4) is 0 Å². The Morgan fingerprint density at radius 1 is 1.73 bits per heavy atom. The molecule has 1 unspecified atom stereocenters. The van der Waals surface area contributed by atoms with Crippen LogP contribution < -0.4 is 11.5 Å². The largest absolute Gasteiger partial charge is 0.481 e. The molecule has 1 aromatic rings. The first-order chi connectivity index (χ1) is 6.83. The molecule has 0 amide bonds. The highest BCUT2D eigenvalue weighted by molar-refractivity contribution is 9.10. The first-order valence-electron chi connectivity index (χ1n) is 4.25. The average molecular weight is 274 g/mol. The summed E-state index contributed by atoms with van der Waals surface area (Å²) in [7, 11) is 0. The zero-order chi connectivity index (χ0) is 11.6. The molecule has 1 atom stereocenters. The van der Waals surface area contributed by atoms with Gasteiger partial charge in [0.25, 0.3) is 0 Å². The Kier molecular flexibility index (Phi) is 3.31. The molecule has 15 heavy (non-hydrogen) atoms. The Hall–Kier alpha value is -1.14. The van der Waals surface area contributed by atoms with E-state index in [-0.39, 0.29) is 6.42 Å². The van der Waals surface area contributed by atoms with Gasteiger partial charge in [0.2, 0.25) is 0 Å². The van der Waals surface area contributed by atoms with Gasteiger partial charge in [-0.1, -0.05) is 0 Å². The lowest BCUT2D eigenvalue weighted by Crippen LogP contribution is -2.36. The first-order valence-corrected chi connectivity index (χ1v) is 5.04. The van der Waals surface area contributed by atoms with Crippen LogP contribution in [0.1, 0.15) is 18.9 Å². The smallest absolute Gasteiger partial charge is 0.305 e. The number of halogens is 1. The summed E-state index contributed by atoms with van der Waals surface area (Å²) in [5.74, 6) is -0.641. The van der Waals surface area contributed by atoms with Crippen LogP contribution in [0.4, 0.5) is 5.82 Å². The van der Waals surface area contributed by atoms with E-state index in [9.17, 15) is 4.79 Å². The number of anilines is 1. The van der Waals surface area contributed by atoms with Gasteiger partial charge in [0.15, 0.2) is 0 Å². The lowest BCUT2D eigenvalue weighted by Gasteiger charge is -2.24. The average Bonchev–Trinajstić information content (AvgIpc) is 2.06. The van der Waals surface area contributed by atoms with Crippen molar-refractivity contribution in [3.63, 3.8) is 0 Å². The van der Waals surface area contributed by atoms with Crippen LogP contribution in [0, 0.1) is 0 Å². The number of carbonyl (C=O) groups is 1. The summed E-state index contributed by atoms with van der Waals surface area (Å²) in [5.41, 5.74) is 11.1. The fourth-order valence-corrected chi connectivity index (χ4v) is 1.97. The zero-order valence-electron chi connectivity index (χ0n) is 8.20. The fourth-order valence-electron chi connectivity index (χ4n) is 1.30. The SMILES string of the molecule is CC(N)(CC(=O)O)c1cc(N)ncc1Br. The Balaban J connectivity index is 3.13. The summed E-state index contributed by atoms with van der Waals surface area (Å²) in [4.78, 5) is 14.5. The van der Waals surface area contributed by atoms with Crippen molar-refractivity contribution in [2.75, 3.05) is 5.73 Å². The Bertz CT molecular complexity index is 393. The van der Waals surface area contributed by atoms with Crippen LogP contribution in [0.15, 0.2) is 16.7 Å². The minimum atomic E-state index is -0.971. The van der Waals surface area contributed by atoms with Crippen molar-refractivity contribution in [1.29, 1.82) is 0 Å². The summed E-state index contributed by atoms with van der Waals surface area (Å²) in [6.45, 7) is 1.64. The van der Waals surface area contributed by atoms with Crippen molar-refractivity contribution >= 4 is 27.7 Å². The second kappa shape index (κ2) is 4.16. The van der Waals surface area contributed by atoms with Crippen molar-refractivity contribution in [3.8, 4) is 0 Å². The molecular formula is C9H12BrN3O2. The molecule has 0 radical (unpaired) electrons. The summed E-state index contributed by atoms with van der Waals surface area (Å²) in [5, 5.41) is 8.73. The van der Waals surface area contributed by atoms with Gasteiger partial charge in [0, 0.05) is 16.2 Å². The molecule has 0 fully saturated rings. The number of nitrogen functional groups attached to an aromatic ring is 1. The number of nitrogens with two attached hydrogens (primary N) is 2. The van der Waals surface area contributed by atoms with Crippen LogP contribution in [-0.2, 0) is 10.3 Å². The van der Waals surface area contributed by atoms with E-state index in [1.807, 2.05) is 0 Å². The number of rotatable bonds is 3. The Morgan fingerprint density at radius 2 is 2.33 bits per heavy atom. The molecule has 5 nitrogen and oxygen atoms in total. The molecule has 0 aliphatic rings. The fraction of sp³-hybridized carbons (Fsp3) is 0.333. The maximum Gasteiger partial charge on any atom is 0.305 e. The van der Waals surface area contributed by atoms with Gasteiger partial charge >= 0.3 is 5.97 Å². The van der Waals surface area contributed by atoms with Gasteiger partial charge in [-0.3, -0.25) is 4.79 Å². The van der Waals surface area contributed by atoms with Crippen molar-refractivity contribution in [2.45, 2.75) is 18.9 Å². The van der Waals surface area contributed by atoms with E-state index in [1.165, 1.54) is 6.20 Å². The highest BCUT2D eigenvalue weighted by atomic mass is 79.9. The van der Waals surface area contributed by atoms with Gasteiger partial charge < -0.3 is 16.6 Å². The molecule has 5 N–H and O–H groups in total. The second-order valence-electron chi connectivity index (χ2n) is 3.58. The van der Waals surface area contributed by atoms with Crippen molar-refractivity contribution in [2.24, 2.45) is 5.73 Å². The summed E-state index contributed by atoms with van der Waals surface area (Å²) >= 11 is 3.27. The van der Waals surface area contributed by atoms with Crippen molar-refractivity contribution in [3.05, 3.63) is 22.3 Å². The standard InChI is InChI=1S/C9H12BrN3O2/c1-9(12,3-8(14)15)5-2-7(11)13-4-6(5)10/h2,4H,3,12H2,1H3,(H2,11,13)(H,14,15). The summed E-state index contributed by atoms with van der Waals surface area (Å²) < 4.78 is 0.656. The van der Waals surface area contributed by atoms with Crippen LogP contribution in [0.5, 0.6) is 0 Å². The number of aromatic nitrogens is 1. The highest BCUT2D eigenvalue weighted by Gasteiger charge is 2.27. The maximum absolute atomic E-state index is 10.6. The van der Waals surface area contributed by atoms with E-state index in [2.05, 4.69) is 20.9 Å². The monoisotopic (exact) mass is 273 g/mol. The number of hydrogen-bond acceptors (Lipinski definition) is 4. The lowest BCUT2D eigenvalue weighted by molar-refractivity contribution is -0.138. The first kappa shape index (κ1) is 11.9. The molecule has 0 bridgehead atoms. The third kappa shape index (κ3) is 2.90. The quantitative estimate of drug-likeness (QED) is 0.765. The number of nitrogens with zero attached hydrogens (tertiary/aromatic N) is 1. The number of aliphatic carboxylic acids is 1. The predicted molar refractivity (Wildman–Crippen MR) is 60.1 cm³/mol. The van der Waals surface area contributed by atoms with E-state index in [4.69, 9.17) is 16.6 Å². The number of carboxylic acids is 1. The summed E-state index contributed by atoms with van der Waals surface area (Å²) in [6, 6.07) is 1.58. The van der Waals surface area contributed by atoms with Crippen LogP contribution in [0.2, 0.25) is 0 Å². The van der Waals surface area contributed by atoms with Crippen LogP contribution in [0.25, 0.3) is 0 Å². The van der Waals surface area contributed by atoms with E-state index in [0.717, 1.165) is 0 Å². The van der Waals surface area contributed by atoms with E-state index in [1.54, 1.807) is 13.0 Å². The second-order valence-corrected chi connectivity index (χ2v) is 4.43. The topological polar surface area (TPSA) is 102 Å². The third-order valence-corrected chi connectivity index (χ3v) is 2.64. The third-order valence-electron chi connectivity index (χ3n) is 2.01. The lowest BCUT2D eigenvalue weighted by atomic mass is 9.90. The predicted octanol–water partition coefficient (Wildman–Crippen LogP) is 1.07. The molecule has 0 saturated carbocycles. The van der Waals surface area contributed by atoms with E-state index >= 15 is 0 Å². The van der Waals surface area contributed by atoms with Crippen molar-refractivity contribution < 1.29 is 9.90 Å². The molecule has 1 heterocycles. The highest BCUT2D eigenvalue weighted by Crippen LogP contribution is 2.29. The van der Waals surface area contributed by atoms with Crippen LogP contribution >= 0.6 is 15.9 Å². The van der Waals surface area contributed by atoms with Gasteiger partial charge in [-0.05, 0) is 34.5 Å². The minimum Gasteiger partial charge on any atom is -0.481 e. The number of hydrogen-bond donors (Lipinski definition) is 3. The van der Waals surface area contributed by atoms with E-state index < -0.39 is 11.5 Å².